The van der Waals surface area contributed by atoms with Crippen LogP contribution in [0.4, 0.5) is 0 Å². The molecule has 1 aliphatic heterocycles. The number of nitrogens with one attached hydrogen (secondary N) is 1. The third-order valence-electron chi connectivity index (χ3n) is 4.96. The fourth-order valence-electron chi connectivity index (χ4n) is 3.60. The maximum Gasteiger partial charge on any atom is 0.194 e. The van der Waals surface area contributed by atoms with E-state index in [4.69, 9.17) is 4.99 Å². The van der Waals surface area contributed by atoms with E-state index in [1.54, 1.807) is 0 Å². The minimum atomic E-state index is 0. The van der Waals surface area contributed by atoms with Gasteiger partial charge in [0.15, 0.2) is 5.96 Å². The molecule has 0 radical (unpaired) electrons. The summed E-state index contributed by atoms with van der Waals surface area (Å²) < 4.78 is 2.12. The fourth-order valence-corrected chi connectivity index (χ4v) is 3.60. The van der Waals surface area contributed by atoms with E-state index in [1.165, 1.54) is 44.9 Å². The number of hydrogen-bond donors (Lipinski definition) is 1. The number of guanidine groups is 1. The van der Waals surface area contributed by atoms with Gasteiger partial charge in [-0.1, -0.05) is 26.2 Å². The maximum atomic E-state index is 4.91. The van der Waals surface area contributed by atoms with Crippen molar-refractivity contribution in [2.45, 2.75) is 70.9 Å². The van der Waals surface area contributed by atoms with E-state index >= 15 is 0 Å². The van der Waals surface area contributed by atoms with Gasteiger partial charge in [0.05, 0.1) is 6.54 Å². The van der Waals surface area contributed by atoms with Crippen molar-refractivity contribution in [2.75, 3.05) is 19.6 Å². The zero-order valence-electron chi connectivity index (χ0n) is 14.8. The van der Waals surface area contributed by atoms with Crippen molar-refractivity contribution in [2.24, 2.45) is 4.99 Å². The molecule has 2 heterocycles. The van der Waals surface area contributed by atoms with Crippen LogP contribution in [0.3, 0.4) is 0 Å². The molecule has 1 aromatic rings. The first-order chi connectivity index (χ1) is 11.4. The van der Waals surface area contributed by atoms with Crippen molar-refractivity contribution >= 4 is 29.9 Å². The van der Waals surface area contributed by atoms with E-state index in [0.717, 1.165) is 44.4 Å². The molecule has 7 heteroatoms. The van der Waals surface area contributed by atoms with Gasteiger partial charge in [-0.25, -0.2) is 0 Å². The third-order valence-corrected chi connectivity index (χ3v) is 4.96. The second-order valence-electron chi connectivity index (χ2n) is 6.67. The molecule has 1 aliphatic carbocycles. The summed E-state index contributed by atoms with van der Waals surface area (Å²) in [5.74, 6) is 2.17. The van der Waals surface area contributed by atoms with Crippen LogP contribution in [-0.4, -0.2) is 51.3 Å². The van der Waals surface area contributed by atoms with Gasteiger partial charge < -0.3 is 14.8 Å². The highest BCUT2D eigenvalue weighted by Crippen LogP contribution is 2.18. The number of likely N-dealkylation sites (tertiary alicyclic amines) is 1. The molecule has 3 rings (SSSR count). The van der Waals surface area contributed by atoms with Crippen molar-refractivity contribution in [1.82, 2.24) is 25.0 Å². The van der Waals surface area contributed by atoms with Crippen LogP contribution in [0.5, 0.6) is 0 Å². The monoisotopic (exact) mass is 446 g/mol. The van der Waals surface area contributed by atoms with Gasteiger partial charge in [-0.2, -0.15) is 0 Å². The van der Waals surface area contributed by atoms with Crippen LogP contribution >= 0.6 is 24.0 Å². The summed E-state index contributed by atoms with van der Waals surface area (Å²) >= 11 is 0. The van der Waals surface area contributed by atoms with Crippen LogP contribution in [0, 0.1) is 0 Å². The average Bonchev–Trinajstić information content (AvgIpc) is 3.26. The number of aromatic nitrogens is 3. The van der Waals surface area contributed by atoms with Crippen molar-refractivity contribution in [3.05, 3.63) is 12.2 Å². The van der Waals surface area contributed by atoms with Crippen LogP contribution in [0.15, 0.2) is 11.3 Å². The Hall–Kier alpha value is -0.860. The lowest BCUT2D eigenvalue weighted by Crippen LogP contribution is -2.45. The van der Waals surface area contributed by atoms with Gasteiger partial charge in [0.25, 0.3) is 0 Å². The number of rotatable bonds is 5. The molecular weight excluding hydrogens is 415 g/mol. The van der Waals surface area contributed by atoms with Gasteiger partial charge in [0.2, 0.25) is 0 Å². The molecule has 0 aromatic carbocycles. The molecule has 6 nitrogen and oxygen atoms in total. The van der Waals surface area contributed by atoms with E-state index in [2.05, 4.69) is 31.9 Å². The predicted octanol–water partition coefficient (Wildman–Crippen LogP) is 2.83. The predicted molar refractivity (Wildman–Crippen MR) is 108 cm³/mol. The summed E-state index contributed by atoms with van der Waals surface area (Å²) in [6.07, 6.45) is 12.0. The van der Waals surface area contributed by atoms with E-state index in [0.29, 0.717) is 6.04 Å². The van der Waals surface area contributed by atoms with Crippen LogP contribution < -0.4 is 5.32 Å². The quantitative estimate of drug-likeness (QED) is 0.430. The largest absolute Gasteiger partial charge is 0.354 e. The van der Waals surface area contributed by atoms with Gasteiger partial charge >= 0.3 is 0 Å². The smallest absolute Gasteiger partial charge is 0.194 e. The Morgan fingerprint density at radius 3 is 2.67 bits per heavy atom. The van der Waals surface area contributed by atoms with Crippen molar-refractivity contribution < 1.29 is 0 Å². The summed E-state index contributed by atoms with van der Waals surface area (Å²) in [6, 6.07) is 0.615. The van der Waals surface area contributed by atoms with Crippen LogP contribution in [0.2, 0.25) is 0 Å². The second kappa shape index (κ2) is 10.2. The van der Waals surface area contributed by atoms with Gasteiger partial charge in [-0.3, -0.25) is 4.99 Å². The van der Waals surface area contributed by atoms with Crippen molar-refractivity contribution in [3.8, 4) is 0 Å². The summed E-state index contributed by atoms with van der Waals surface area (Å²) in [7, 11) is 0. The Morgan fingerprint density at radius 1 is 1.21 bits per heavy atom. The topological polar surface area (TPSA) is 58.3 Å². The molecule has 136 valence electrons. The van der Waals surface area contributed by atoms with Gasteiger partial charge in [0.1, 0.15) is 12.2 Å². The number of halogens is 1. The molecule has 0 unspecified atom stereocenters. The van der Waals surface area contributed by atoms with Gasteiger partial charge in [-0.15, -0.1) is 34.2 Å². The van der Waals surface area contributed by atoms with Gasteiger partial charge in [0, 0.05) is 32.1 Å². The Labute approximate surface area is 162 Å². The van der Waals surface area contributed by atoms with Crippen molar-refractivity contribution in [1.29, 1.82) is 0 Å². The zero-order chi connectivity index (χ0) is 15.9. The Bertz CT molecular complexity index is 503. The number of nitrogens with zero attached hydrogens (tertiary/aromatic N) is 5. The highest BCUT2D eigenvalue weighted by molar-refractivity contribution is 14.0. The summed E-state index contributed by atoms with van der Waals surface area (Å²) in [4.78, 5) is 7.34. The van der Waals surface area contributed by atoms with E-state index < -0.39 is 0 Å². The van der Waals surface area contributed by atoms with Gasteiger partial charge in [-0.05, 0) is 25.7 Å². The lowest BCUT2D eigenvalue weighted by Gasteiger charge is -2.29. The standard InChI is InChI=1S/C17H30N6.HI/c1-2-16-21-19-14-23(16)13-10-18-17(22-11-6-7-12-22)20-15-8-4-3-5-9-15;/h14-15H,2-13H2,1H3,(H,18,20);1H. The Balaban J connectivity index is 0.00000208. The van der Waals surface area contributed by atoms with E-state index in [1.807, 2.05) is 6.33 Å². The molecule has 0 bridgehead atoms. The normalized spacial score (nSPS) is 19.4. The van der Waals surface area contributed by atoms with E-state index in [9.17, 15) is 0 Å². The highest BCUT2D eigenvalue weighted by Gasteiger charge is 2.20. The Kier molecular flexibility index (Phi) is 8.28. The van der Waals surface area contributed by atoms with E-state index in [-0.39, 0.29) is 24.0 Å². The molecule has 24 heavy (non-hydrogen) atoms. The molecule has 1 saturated carbocycles. The third kappa shape index (κ3) is 5.32. The molecule has 0 atom stereocenters. The maximum absolute atomic E-state index is 4.91. The molecule has 1 saturated heterocycles. The van der Waals surface area contributed by atoms with Crippen molar-refractivity contribution in [3.63, 3.8) is 0 Å². The molecule has 2 aliphatic rings. The number of aliphatic imine (C=N–C) groups is 1. The van der Waals surface area contributed by atoms with Crippen LogP contribution in [0.25, 0.3) is 0 Å². The summed E-state index contributed by atoms with van der Waals surface area (Å²) in [6.45, 7) is 6.05. The summed E-state index contributed by atoms with van der Waals surface area (Å²) in [5.41, 5.74) is 0. The SMILES string of the molecule is CCc1nncn1CCN=C(NC1CCCCC1)N1CCCC1.I. The average molecular weight is 446 g/mol. The van der Waals surface area contributed by atoms with Crippen LogP contribution in [-0.2, 0) is 13.0 Å². The zero-order valence-corrected chi connectivity index (χ0v) is 17.1. The van der Waals surface area contributed by atoms with Crippen LogP contribution in [0.1, 0.15) is 57.7 Å². The molecule has 1 aromatic heterocycles. The number of hydrogen-bond acceptors (Lipinski definition) is 3. The minimum Gasteiger partial charge on any atom is -0.354 e. The minimum absolute atomic E-state index is 0. The summed E-state index contributed by atoms with van der Waals surface area (Å²) in [5, 5.41) is 11.9. The lowest BCUT2D eigenvalue weighted by atomic mass is 9.96. The first-order valence-corrected chi connectivity index (χ1v) is 9.29. The second-order valence-corrected chi connectivity index (χ2v) is 6.67. The first kappa shape index (κ1) is 19.5. The molecule has 0 spiro atoms. The molecule has 2 fully saturated rings. The fraction of sp³-hybridized carbons (Fsp3) is 0.824. The molecular formula is C17H31IN6. The lowest BCUT2D eigenvalue weighted by molar-refractivity contribution is 0.389. The Morgan fingerprint density at radius 2 is 1.96 bits per heavy atom. The molecule has 1 N–H and O–H groups in total. The first-order valence-electron chi connectivity index (χ1n) is 9.29. The number of aryl methyl sites for hydroxylation is 1. The molecule has 0 amide bonds. The highest BCUT2D eigenvalue weighted by atomic mass is 127.